The molecule has 1 aromatic rings. The molecule has 4 N–H and O–H groups in total. The number of aliphatic carboxylic acids is 1. The lowest BCUT2D eigenvalue weighted by Gasteiger charge is -2.15. The fourth-order valence-electron chi connectivity index (χ4n) is 1.78. The lowest BCUT2D eigenvalue weighted by molar-refractivity contribution is -0.138. The molecule has 0 amide bonds. The highest BCUT2D eigenvalue weighted by molar-refractivity contribution is 7.90. The van der Waals surface area contributed by atoms with Gasteiger partial charge in [0.15, 0.2) is 11.5 Å². The number of benzene rings is 1. The van der Waals surface area contributed by atoms with Crippen LogP contribution in [-0.4, -0.2) is 41.0 Å². The fourth-order valence-corrected chi connectivity index (χ4v) is 3.31. The van der Waals surface area contributed by atoms with Gasteiger partial charge in [-0.2, -0.15) is 0 Å². The van der Waals surface area contributed by atoms with Crippen LogP contribution in [0.1, 0.15) is 18.4 Å². The number of hydrogen-bond acceptors (Lipinski definition) is 5. The van der Waals surface area contributed by atoms with Crippen LogP contribution in [0.5, 0.6) is 11.5 Å². The average Bonchev–Trinajstić information content (AvgIpc) is 3.17. The van der Waals surface area contributed by atoms with Gasteiger partial charge in [-0.05, 0) is 37.0 Å². The maximum atomic E-state index is 11.8. The van der Waals surface area contributed by atoms with Crippen LogP contribution in [0.4, 0.5) is 0 Å². The van der Waals surface area contributed by atoms with Gasteiger partial charge in [-0.3, -0.25) is 4.79 Å². The smallest absolute Gasteiger partial charge is 0.322 e. The second-order valence-electron chi connectivity index (χ2n) is 4.78. The summed E-state index contributed by atoms with van der Waals surface area (Å²) in [5, 5.41) is 27.1. The number of phenolic OH excluding ortho intramolecular Hbond substituents is 2. The number of rotatable bonds is 6. The van der Waals surface area contributed by atoms with Crippen molar-refractivity contribution in [3.63, 3.8) is 0 Å². The Balaban J connectivity index is 2.13. The molecule has 1 aliphatic rings. The molecule has 7 nitrogen and oxygen atoms in total. The summed E-state index contributed by atoms with van der Waals surface area (Å²) < 4.78 is 25.7. The van der Waals surface area contributed by atoms with Crippen LogP contribution in [0.3, 0.4) is 0 Å². The molecule has 20 heavy (non-hydrogen) atoms. The van der Waals surface area contributed by atoms with E-state index in [4.69, 9.17) is 5.11 Å². The van der Waals surface area contributed by atoms with Crippen LogP contribution in [0.25, 0.3) is 0 Å². The summed E-state index contributed by atoms with van der Waals surface area (Å²) in [6.45, 7) is 0. The van der Waals surface area contributed by atoms with E-state index in [0.717, 1.165) is 0 Å². The quantitative estimate of drug-likeness (QED) is 0.555. The highest BCUT2D eigenvalue weighted by atomic mass is 32.2. The highest BCUT2D eigenvalue weighted by Crippen LogP contribution is 2.28. The molecule has 0 aromatic heterocycles. The molecular formula is C12H15NO6S. The Hall–Kier alpha value is -1.80. The van der Waals surface area contributed by atoms with Crippen molar-refractivity contribution in [3.05, 3.63) is 23.8 Å². The number of hydrogen-bond donors (Lipinski definition) is 4. The Morgan fingerprint density at radius 1 is 1.30 bits per heavy atom. The topological polar surface area (TPSA) is 124 Å². The Bertz CT molecular complexity index is 623. The SMILES string of the molecule is O=C(O)C(Cc1ccc(O)c(O)c1)NS(=O)(=O)C1CC1. The molecule has 2 rings (SSSR count). The zero-order valence-electron chi connectivity index (χ0n) is 10.5. The maximum Gasteiger partial charge on any atom is 0.322 e. The number of carboxylic acid groups (broad SMARTS) is 1. The highest BCUT2D eigenvalue weighted by Gasteiger charge is 2.38. The second-order valence-corrected chi connectivity index (χ2v) is 6.77. The summed E-state index contributed by atoms with van der Waals surface area (Å²) in [6, 6.07) is 2.55. The van der Waals surface area contributed by atoms with Gasteiger partial charge < -0.3 is 15.3 Å². The molecule has 1 atom stereocenters. The van der Waals surface area contributed by atoms with Crippen molar-refractivity contribution >= 4 is 16.0 Å². The molecule has 1 unspecified atom stereocenters. The fraction of sp³-hybridized carbons (Fsp3) is 0.417. The van der Waals surface area contributed by atoms with Crippen molar-refractivity contribution in [2.24, 2.45) is 0 Å². The Kier molecular flexibility index (Phi) is 3.87. The van der Waals surface area contributed by atoms with Crippen molar-refractivity contribution in [3.8, 4) is 11.5 Å². The number of carbonyl (C=O) groups is 1. The first kappa shape index (κ1) is 14.6. The molecule has 0 radical (unpaired) electrons. The van der Waals surface area contributed by atoms with Crippen LogP contribution in [-0.2, 0) is 21.2 Å². The first-order chi connectivity index (χ1) is 9.29. The summed E-state index contributed by atoms with van der Waals surface area (Å²) in [4.78, 5) is 11.1. The predicted octanol–water partition coefficient (Wildman–Crippen LogP) is 0.175. The van der Waals surface area contributed by atoms with Gasteiger partial charge in [0.1, 0.15) is 6.04 Å². The largest absolute Gasteiger partial charge is 0.504 e. The summed E-state index contributed by atoms with van der Waals surface area (Å²) in [6.07, 6.45) is 0.971. The first-order valence-corrected chi connectivity index (χ1v) is 7.59. The van der Waals surface area contributed by atoms with Gasteiger partial charge in [0.05, 0.1) is 5.25 Å². The predicted molar refractivity (Wildman–Crippen MR) is 70.0 cm³/mol. The monoisotopic (exact) mass is 301 g/mol. The molecule has 0 spiro atoms. The molecule has 0 aliphatic heterocycles. The number of carboxylic acids is 1. The normalized spacial score (nSPS) is 16.8. The summed E-state index contributed by atoms with van der Waals surface area (Å²) in [5.41, 5.74) is 0.409. The lowest BCUT2D eigenvalue weighted by atomic mass is 10.1. The van der Waals surface area contributed by atoms with Crippen LogP contribution in [0, 0.1) is 0 Å². The van der Waals surface area contributed by atoms with E-state index >= 15 is 0 Å². The van der Waals surface area contributed by atoms with E-state index < -0.39 is 27.3 Å². The average molecular weight is 301 g/mol. The Morgan fingerprint density at radius 2 is 1.95 bits per heavy atom. The van der Waals surface area contributed by atoms with Gasteiger partial charge in [0.25, 0.3) is 0 Å². The van der Waals surface area contributed by atoms with E-state index in [1.165, 1.54) is 18.2 Å². The van der Waals surface area contributed by atoms with Crippen molar-refractivity contribution < 1.29 is 28.5 Å². The zero-order chi connectivity index (χ0) is 14.9. The van der Waals surface area contributed by atoms with Crippen LogP contribution in [0.15, 0.2) is 18.2 Å². The Labute approximate surface area is 115 Å². The molecule has 1 fully saturated rings. The number of phenols is 2. The van der Waals surface area contributed by atoms with E-state index in [-0.39, 0.29) is 17.9 Å². The molecule has 0 saturated heterocycles. The third kappa shape index (κ3) is 3.40. The maximum absolute atomic E-state index is 11.8. The van der Waals surface area contributed by atoms with E-state index in [0.29, 0.717) is 18.4 Å². The molecule has 1 saturated carbocycles. The summed E-state index contributed by atoms with van der Waals surface area (Å²) in [5.74, 6) is -1.99. The standard InChI is InChI=1S/C12H15NO6S/c14-10-4-1-7(6-11(10)15)5-9(12(16)17)13-20(18,19)8-2-3-8/h1,4,6,8-9,13-15H,2-3,5H2,(H,16,17). The minimum Gasteiger partial charge on any atom is -0.504 e. The minimum atomic E-state index is -3.61. The number of sulfonamides is 1. The van der Waals surface area contributed by atoms with Gasteiger partial charge in [-0.15, -0.1) is 0 Å². The van der Waals surface area contributed by atoms with Crippen LogP contribution >= 0.6 is 0 Å². The molecule has 1 aromatic carbocycles. The van der Waals surface area contributed by atoms with Gasteiger partial charge in [-0.1, -0.05) is 6.07 Å². The van der Waals surface area contributed by atoms with Crippen molar-refractivity contribution in [1.29, 1.82) is 0 Å². The molecule has 0 bridgehead atoms. The molecular weight excluding hydrogens is 286 g/mol. The molecule has 110 valence electrons. The third-order valence-electron chi connectivity index (χ3n) is 3.05. The minimum absolute atomic E-state index is 0.116. The van der Waals surface area contributed by atoms with E-state index in [9.17, 15) is 23.4 Å². The van der Waals surface area contributed by atoms with E-state index in [2.05, 4.69) is 4.72 Å². The lowest BCUT2D eigenvalue weighted by Crippen LogP contribution is -2.43. The summed E-state index contributed by atoms with van der Waals surface area (Å²) in [7, 11) is -3.61. The molecule has 0 heterocycles. The zero-order valence-corrected chi connectivity index (χ0v) is 11.3. The third-order valence-corrected chi connectivity index (χ3v) is 5.01. The van der Waals surface area contributed by atoms with Crippen molar-refractivity contribution in [2.45, 2.75) is 30.6 Å². The van der Waals surface area contributed by atoms with Crippen LogP contribution < -0.4 is 4.72 Å². The number of aromatic hydroxyl groups is 2. The van der Waals surface area contributed by atoms with Crippen molar-refractivity contribution in [2.75, 3.05) is 0 Å². The van der Waals surface area contributed by atoms with Gasteiger partial charge in [0.2, 0.25) is 10.0 Å². The van der Waals surface area contributed by atoms with Crippen LogP contribution in [0.2, 0.25) is 0 Å². The van der Waals surface area contributed by atoms with Crippen molar-refractivity contribution in [1.82, 2.24) is 4.72 Å². The first-order valence-electron chi connectivity index (χ1n) is 6.04. The van der Waals surface area contributed by atoms with Gasteiger partial charge in [-0.25, -0.2) is 13.1 Å². The van der Waals surface area contributed by atoms with Gasteiger partial charge in [0, 0.05) is 0 Å². The number of nitrogens with one attached hydrogen (secondary N) is 1. The summed E-state index contributed by atoms with van der Waals surface area (Å²) >= 11 is 0. The van der Waals surface area contributed by atoms with Gasteiger partial charge >= 0.3 is 5.97 Å². The van der Waals surface area contributed by atoms with E-state index in [1.54, 1.807) is 0 Å². The van der Waals surface area contributed by atoms with E-state index in [1.807, 2.05) is 0 Å². The Morgan fingerprint density at radius 3 is 2.45 bits per heavy atom. The molecule has 8 heteroatoms. The second kappa shape index (κ2) is 5.29. The molecule has 1 aliphatic carbocycles.